The highest BCUT2D eigenvalue weighted by Gasteiger charge is 2.25. The van der Waals surface area contributed by atoms with E-state index < -0.39 is 12.6 Å². The molecule has 0 aliphatic carbocycles. The maximum atomic E-state index is 11.9. The molecule has 0 bridgehead atoms. The summed E-state index contributed by atoms with van der Waals surface area (Å²) in [5.74, 6) is 0.865. The van der Waals surface area contributed by atoms with Crippen molar-refractivity contribution in [2.75, 3.05) is 23.7 Å². The van der Waals surface area contributed by atoms with Crippen molar-refractivity contribution in [1.29, 1.82) is 0 Å². The molecule has 0 unspecified atom stereocenters. The Morgan fingerprint density at radius 3 is 2.63 bits per heavy atom. The summed E-state index contributed by atoms with van der Waals surface area (Å²) < 4.78 is 35.8. The van der Waals surface area contributed by atoms with Crippen LogP contribution in [0, 0.1) is 0 Å². The van der Waals surface area contributed by atoms with Crippen molar-refractivity contribution in [1.82, 2.24) is 9.97 Å². The molecule has 108 valence electrons. The summed E-state index contributed by atoms with van der Waals surface area (Å²) >= 11 is 5.89. The van der Waals surface area contributed by atoms with Crippen LogP contribution in [0.25, 0.3) is 0 Å². The van der Waals surface area contributed by atoms with Crippen LogP contribution < -0.4 is 10.6 Å². The molecule has 0 aromatic carbocycles. The highest BCUT2D eigenvalue weighted by atomic mass is 35.5. The largest absolute Gasteiger partial charge is 0.389 e. The van der Waals surface area contributed by atoms with Gasteiger partial charge in [-0.2, -0.15) is 18.2 Å². The lowest BCUT2D eigenvalue weighted by Gasteiger charge is -2.10. The fourth-order valence-corrected chi connectivity index (χ4v) is 1.55. The van der Waals surface area contributed by atoms with E-state index in [0.29, 0.717) is 36.3 Å². The standard InChI is InChI=1S/C11H16ClF3N4/c1-2-16-10-18-7-8(12)9(19-10)17-6-4-3-5-11(13,14)15/h7H,2-6H2,1H3,(H2,16,17,18,19). The maximum absolute atomic E-state index is 11.9. The van der Waals surface area contributed by atoms with Crippen LogP contribution in [0.4, 0.5) is 24.9 Å². The summed E-state index contributed by atoms with van der Waals surface area (Å²) in [6.07, 6.45) is -2.93. The summed E-state index contributed by atoms with van der Waals surface area (Å²) in [7, 11) is 0. The Hall–Kier alpha value is -1.24. The zero-order chi connectivity index (χ0) is 14.3. The number of hydrogen-bond donors (Lipinski definition) is 2. The molecule has 0 aliphatic rings. The van der Waals surface area contributed by atoms with Crippen LogP contribution >= 0.6 is 11.6 Å². The van der Waals surface area contributed by atoms with Crippen LogP contribution in [0.3, 0.4) is 0 Å². The zero-order valence-corrected chi connectivity index (χ0v) is 11.3. The van der Waals surface area contributed by atoms with E-state index in [-0.39, 0.29) is 6.42 Å². The molecule has 0 amide bonds. The predicted octanol–water partition coefficient (Wildman–Crippen LogP) is 3.71. The van der Waals surface area contributed by atoms with Gasteiger partial charge in [0.2, 0.25) is 5.95 Å². The minimum absolute atomic E-state index is 0.0826. The van der Waals surface area contributed by atoms with E-state index in [1.807, 2.05) is 6.92 Å². The van der Waals surface area contributed by atoms with Crippen molar-refractivity contribution < 1.29 is 13.2 Å². The Morgan fingerprint density at radius 1 is 1.26 bits per heavy atom. The molecule has 0 aliphatic heterocycles. The molecule has 0 fully saturated rings. The third-order valence-electron chi connectivity index (χ3n) is 2.26. The molecule has 0 radical (unpaired) electrons. The second kappa shape index (κ2) is 7.37. The summed E-state index contributed by atoms with van der Waals surface area (Å²) in [5, 5.41) is 6.18. The Bertz CT molecular complexity index is 398. The van der Waals surface area contributed by atoms with Crippen LogP contribution in [-0.4, -0.2) is 29.2 Å². The van der Waals surface area contributed by atoms with Gasteiger partial charge in [0.15, 0.2) is 0 Å². The van der Waals surface area contributed by atoms with Gasteiger partial charge in [-0.05, 0) is 19.8 Å². The Morgan fingerprint density at radius 2 is 2.00 bits per heavy atom. The minimum Gasteiger partial charge on any atom is -0.369 e. The molecule has 0 saturated heterocycles. The van der Waals surface area contributed by atoms with Crippen LogP contribution in [0.15, 0.2) is 6.20 Å². The van der Waals surface area contributed by atoms with Crippen molar-refractivity contribution in [3.8, 4) is 0 Å². The quantitative estimate of drug-likeness (QED) is 0.753. The lowest BCUT2D eigenvalue weighted by atomic mass is 10.2. The van der Waals surface area contributed by atoms with Gasteiger partial charge in [-0.3, -0.25) is 0 Å². The van der Waals surface area contributed by atoms with Crippen LogP contribution in [0.1, 0.15) is 26.2 Å². The first-order valence-corrected chi connectivity index (χ1v) is 6.37. The lowest BCUT2D eigenvalue weighted by molar-refractivity contribution is -0.135. The molecular weight excluding hydrogens is 281 g/mol. The second-order valence-corrected chi connectivity index (χ2v) is 4.33. The molecule has 1 rings (SSSR count). The summed E-state index contributed by atoms with van der Waals surface area (Å²) in [6, 6.07) is 0. The van der Waals surface area contributed by atoms with E-state index in [9.17, 15) is 13.2 Å². The van der Waals surface area contributed by atoms with Crippen molar-refractivity contribution >= 4 is 23.4 Å². The third-order valence-corrected chi connectivity index (χ3v) is 2.54. The van der Waals surface area contributed by atoms with Crippen LogP contribution in [0.5, 0.6) is 0 Å². The molecule has 0 atom stereocenters. The van der Waals surface area contributed by atoms with E-state index in [0.717, 1.165) is 0 Å². The molecule has 4 nitrogen and oxygen atoms in total. The first kappa shape index (κ1) is 15.8. The predicted molar refractivity (Wildman–Crippen MR) is 69.6 cm³/mol. The number of nitrogens with zero attached hydrogens (tertiary/aromatic N) is 2. The first-order chi connectivity index (χ1) is 8.92. The molecule has 0 spiro atoms. The molecular formula is C11H16ClF3N4. The van der Waals surface area contributed by atoms with Gasteiger partial charge in [-0.1, -0.05) is 11.6 Å². The maximum Gasteiger partial charge on any atom is 0.389 e. The van der Waals surface area contributed by atoms with Crippen molar-refractivity contribution in [2.24, 2.45) is 0 Å². The molecule has 2 N–H and O–H groups in total. The van der Waals surface area contributed by atoms with E-state index in [1.165, 1.54) is 6.20 Å². The van der Waals surface area contributed by atoms with E-state index in [4.69, 9.17) is 11.6 Å². The molecule has 1 aromatic rings. The van der Waals surface area contributed by atoms with Gasteiger partial charge in [-0.25, -0.2) is 4.98 Å². The summed E-state index contributed by atoms with van der Waals surface area (Å²) in [5.41, 5.74) is 0. The zero-order valence-electron chi connectivity index (χ0n) is 10.5. The number of unbranched alkanes of at least 4 members (excludes halogenated alkanes) is 1. The average Bonchev–Trinajstić information content (AvgIpc) is 2.31. The monoisotopic (exact) mass is 296 g/mol. The van der Waals surface area contributed by atoms with Crippen molar-refractivity contribution in [2.45, 2.75) is 32.4 Å². The second-order valence-electron chi connectivity index (χ2n) is 3.92. The number of halogens is 4. The topological polar surface area (TPSA) is 49.8 Å². The summed E-state index contributed by atoms with van der Waals surface area (Å²) in [6.45, 7) is 2.97. The molecule has 1 aromatic heterocycles. The number of rotatable bonds is 7. The highest BCUT2D eigenvalue weighted by Crippen LogP contribution is 2.23. The van der Waals surface area contributed by atoms with Gasteiger partial charge in [0.25, 0.3) is 0 Å². The summed E-state index contributed by atoms with van der Waals surface area (Å²) in [4.78, 5) is 8.08. The molecule has 0 saturated carbocycles. The smallest absolute Gasteiger partial charge is 0.369 e. The first-order valence-electron chi connectivity index (χ1n) is 5.99. The van der Waals surface area contributed by atoms with Crippen LogP contribution in [0.2, 0.25) is 5.02 Å². The third kappa shape index (κ3) is 6.47. The molecule has 19 heavy (non-hydrogen) atoms. The fraction of sp³-hybridized carbons (Fsp3) is 0.636. The van der Waals surface area contributed by atoms with Crippen molar-refractivity contribution in [3.63, 3.8) is 0 Å². The van der Waals surface area contributed by atoms with Gasteiger partial charge in [0.1, 0.15) is 10.8 Å². The number of anilines is 2. The van der Waals surface area contributed by atoms with Crippen LogP contribution in [-0.2, 0) is 0 Å². The molecule has 1 heterocycles. The molecule has 8 heteroatoms. The highest BCUT2D eigenvalue weighted by molar-refractivity contribution is 6.32. The van der Waals surface area contributed by atoms with Gasteiger partial charge >= 0.3 is 6.18 Å². The fourth-order valence-electron chi connectivity index (χ4n) is 1.39. The van der Waals surface area contributed by atoms with Crippen molar-refractivity contribution in [3.05, 3.63) is 11.2 Å². The average molecular weight is 297 g/mol. The minimum atomic E-state index is -4.09. The van der Waals surface area contributed by atoms with Gasteiger partial charge in [0, 0.05) is 19.5 Å². The Labute approximate surface area is 114 Å². The number of nitrogens with one attached hydrogen (secondary N) is 2. The Balaban J connectivity index is 2.38. The Kier molecular flexibility index (Phi) is 6.14. The van der Waals surface area contributed by atoms with Gasteiger partial charge < -0.3 is 10.6 Å². The number of alkyl halides is 3. The number of hydrogen-bond acceptors (Lipinski definition) is 4. The van der Waals surface area contributed by atoms with E-state index >= 15 is 0 Å². The van der Waals surface area contributed by atoms with Gasteiger partial charge in [-0.15, -0.1) is 0 Å². The lowest BCUT2D eigenvalue weighted by Crippen LogP contribution is -2.10. The normalized spacial score (nSPS) is 11.4. The van der Waals surface area contributed by atoms with E-state index in [1.54, 1.807) is 0 Å². The number of aromatic nitrogens is 2. The van der Waals surface area contributed by atoms with E-state index in [2.05, 4.69) is 20.6 Å². The van der Waals surface area contributed by atoms with Gasteiger partial charge in [0.05, 0.1) is 6.20 Å². The SMILES string of the molecule is CCNc1ncc(Cl)c(NCCCCC(F)(F)F)n1.